The topological polar surface area (TPSA) is 29.5 Å². The summed E-state index contributed by atoms with van der Waals surface area (Å²) in [5.41, 5.74) is 1.41. The van der Waals surface area contributed by atoms with Crippen LogP contribution in [0, 0.1) is 11.3 Å². The summed E-state index contributed by atoms with van der Waals surface area (Å²) >= 11 is 13.4. The van der Waals surface area contributed by atoms with Gasteiger partial charge in [0.15, 0.2) is 5.78 Å². The molecular formula is C28H45Cl2N2O2+. The van der Waals surface area contributed by atoms with Crippen molar-refractivity contribution in [2.45, 2.75) is 71.1 Å². The number of nitrogens with zero attached hydrogens (tertiary/aromatic N) is 2. The molecule has 0 N–H and O–H groups in total. The molecule has 192 valence electrons. The molecule has 1 unspecified atom stereocenters. The Hall–Kier alpha value is -0.810. The summed E-state index contributed by atoms with van der Waals surface area (Å²) in [5.74, 6) is 1.33. The van der Waals surface area contributed by atoms with Crippen molar-refractivity contribution in [3.8, 4) is 5.75 Å². The van der Waals surface area contributed by atoms with Crippen LogP contribution in [-0.2, 0) is 6.42 Å². The number of fused-ring (bicyclic) bond motifs is 1. The molecule has 1 atom stereocenters. The SMILES string of the molecule is CCCCC1(C2CCCC2)Cc2cc(OCCC[N+](C)(C)CCCN(C)C)c(Cl)c(Cl)c2C1=O. The second-order valence-corrected chi connectivity index (χ2v) is 12.3. The third-order valence-corrected chi connectivity index (χ3v) is 8.94. The van der Waals surface area contributed by atoms with Gasteiger partial charge in [0.25, 0.3) is 0 Å². The molecule has 0 aromatic heterocycles. The van der Waals surface area contributed by atoms with Crippen molar-refractivity contribution in [2.75, 3.05) is 54.4 Å². The van der Waals surface area contributed by atoms with Crippen molar-refractivity contribution >= 4 is 29.0 Å². The Bertz CT molecular complexity index is 849. The summed E-state index contributed by atoms with van der Waals surface area (Å²) in [6.07, 6.45) is 10.8. The normalized spacial score (nSPS) is 21.0. The molecule has 0 radical (unpaired) electrons. The third kappa shape index (κ3) is 6.30. The molecule has 3 rings (SSSR count). The fourth-order valence-corrected chi connectivity index (χ4v) is 6.62. The van der Waals surface area contributed by atoms with Crippen LogP contribution in [0.4, 0.5) is 0 Å². The Balaban J connectivity index is 1.67. The highest BCUT2D eigenvalue weighted by molar-refractivity contribution is 6.45. The summed E-state index contributed by atoms with van der Waals surface area (Å²) < 4.78 is 7.12. The molecule has 0 bridgehead atoms. The maximum absolute atomic E-state index is 13.8. The van der Waals surface area contributed by atoms with Crippen molar-refractivity contribution in [1.82, 2.24) is 4.90 Å². The number of Topliss-reactive ketones (excluding diaryl/α,β-unsaturated/α-hetero) is 1. The smallest absolute Gasteiger partial charge is 0.171 e. The molecule has 4 nitrogen and oxygen atoms in total. The molecule has 1 fully saturated rings. The molecule has 6 heteroatoms. The third-order valence-electron chi connectivity index (χ3n) is 8.09. The fraction of sp³-hybridized carbons (Fsp3) is 0.750. The molecule has 0 heterocycles. The van der Waals surface area contributed by atoms with Gasteiger partial charge in [0.2, 0.25) is 0 Å². The van der Waals surface area contributed by atoms with E-state index in [0.29, 0.717) is 33.9 Å². The van der Waals surface area contributed by atoms with Crippen LogP contribution in [0.2, 0.25) is 10.0 Å². The summed E-state index contributed by atoms with van der Waals surface area (Å²) in [4.78, 5) is 16.0. The number of unbranched alkanes of at least 4 members (excludes halogenated alkanes) is 1. The highest BCUT2D eigenvalue weighted by Gasteiger charge is 2.51. The zero-order chi connectivity index (χ0) is 24.9. The lowest BCUT2D eigenvalue weighted by Crippen LogP contribution is -2.42. The Kier molecular flexibility index (Phi) is 9.76. The number of ketones is 1. The van der Waals surface area contributed by atoms with Crippen LogP contribution < -0.4 is 4.74 Å². The molecule has 0 spiro atoms. The second-order valence-electron chi connectivity index (χ2n) is 11.5. The molecule has 2 aliphatic carbocycles. The van der Waals surface area contributed by atoms with Gasteiger partial charge in [0.1, 0.15) is 10.8 Å². The standard InChI is InChI=1S/C28H45Cl2N2O2/c1-6-7-14-28(22-12-8-9-13-22)20-21-19-23(25(29)26(30)24(21)27(28)33)34-18-11-17-32(4,5)16-10-15-31(2)3/h19,22H,6-18,20H2,1-5H3/q+1. The van der Waals surface area contributed by atoms with Gasteiger partial charge < -0.3 is 14.1 Å². The minimum absolute atomic E-state index is 0.234. The zero-order valence-electron chi connectivity index (χ0n) is 22.0. The number of rotatable bonds is 13. The van der Waals surface area contributed by atoms with Crippen LogP contribution >= 0.6 is 23.2 Å². The van der Waals surface area contributed by atoms with Gasteiger partial charge in [-0.3, -0.25) is 4.79 Å². The van der Waals surface area contributed by atoms with E-state index in [-0.39, 0.29) is 11.2 Å². The minimum Gasteiger partial charge on any atom is -0.492 e. The molecule has 0 aliphatic heterocycles. The molecule has 34 heavy (non-hydrogen) atoms. The van der Waals surface area contributed by atoms with Crippen LogP contribution in [0.15, 0.2) is 6.07 Å². The monoisotopic (exact) mass is 511 g/mol. The predicted molar refractivity (Wildman–Crippen MR) is 144 cm³/mol. The predicted octanol–water partition coefficient (Wildman–Crippen LogP) is 6.90. The van der Waals surface area contributed by atoms with Crippen molar-refractivity contribution in [1.29, 1.82) is 0 Å². The fourth-order valence-electron chi connectivity index (χ4n) is 6.12. The molecule has 0 saturated heterocycles. The maximum Gasteiger partial charge on any atom is 0.171 e. The Morgan fingerprint density at radius 1 is 1.09 bits per heavy atom. The van der Waals surface area contributed by atoms with E-state index >= 15 is 0 Å². The number of carbonyl (C=O) groups excluding carboxylic acids is 1. The highest BCUT2D eigenvalue weighted by atomic mass is 35.5. The van der Waals surface area contributed by atoms with Gasteiger partial charge in [-0.15, -0.1) is 0 Å². The Morgan fingerprint density at radius 2 is 1.76 bits per heavy atom. The van der Waals surface area contributed by atoms with Gasteiger partial charge in [0.05, 0.1) is 38.8 Å². The zero-order valence-corrected chi connectivity index (χ0v) is 23.5. The molecule has 1 aromatic carbocycles. The number of hydrogen-bond donors (Lipinski definition) is 0. The van der Waals surface area contributed by atoms with E-state index in [2.05, 4.69) is 40.0 Å². The van der Waals surface area contributed by atoms with E-state index in [9.17, 15) is 4.79 Å². The summed E-state index contributed by atoms with van der Waals surface area (Å²) in [5, 5.41) is 0.793. The highest BCUT2D eigenvalue weighted by Crippen LogP contribution is 2.54. The van der Waals surface area contributed by atoms with Crippen LogP contribution in [0.5, 0.6) is 5.75 Å². The van der Waals surface area contributed by atoms with Gasteiger partial charge >= 0.3 is 0 Å². The average Bonchev–Trinajstić information content (AvgIpc) is 3.40. The quantitative estimate of drug-likeness (QED) is 0.213. The number of carbonyl (C=O) groups is 1. The van der Waals surface area contributed by atoms with E-state index in [1.165, 1.54) is 19.3 Å². The first-order valence-electron chi connectivity index (χ1n) is 13.3. The molecule has 2 aliphatic rings. The van der Waals surface area contributed by atoms with Crippen LogP contribution in [-0.4, -0.2) is 69.6 Å². The van der Waals surface area contributed by atoms with E-state index in [4.69, 9.17) is 27.9 Å². The Labute approximate surface area is 217 Å². The first-order valence-corrected chi connectivity index (χ1v) is 14.0. The van der Waals surface area contributed by atoms with Gasteiger partial charge in [-0.05, 0) is 57.3 Å². The lowest BCUT2D eigenvalue weighted by molar-refractivity contribution is -0.890. The number of ether oxygens (including phenoxy) is 1. The summed E-state index contributed by atoms with van der Waals surface area (Å²) in [7, 11) is 8.79. The van der Waals surface area contributed by atoms with Crippen molar-refractivity contribution in [3.05, 3.63) is 27.2 Å². The molecule has 1 aromatic rings. The lowest BCUT2D eigenvalue weighted by Gasteiger charge is -2.34. The first kappa shape index (κ1) is 27.8. The van der Waals surface area contributed by atoms with Crippen molar-refractivity contribution < 1.29 is 14.0 Å². The van der Waals surface area contributed by atoms with E-state index < -0.39 is 0 Å². The van der Waals surface area contributed by atoms with E-state index in [1.807, 2.05) is 6.07 Å². The van der Waals surface area contributed by atoms with Gasteiger partial charge in [-0.2, -0.15) is 0 Å². The van der Waals surface area contributed by atoms with E-state index in [0.717, 1.165) is 74.6 Å². The van der Waals surface area contributed by atoms with E-state index in [1.54, 1.807) is 0 Å². The van der Waals surface area contributed by atoms with Crippen molar-refractivity contribution in [3.63, 3.8) is 0 Å². The van der Waals surface area contributed by atoms with Crippen LogP contribution in [0.25, 0.3) is 0 Å². The number of benzene rings is 1. The minimum atomic E-state index is -0.297. The largest absolute Gasteiger partial charge is 0.492 e. The Morgan fingerprint density at radius 3 is 2.41 bits per heavy atom. The number of quaternary nitrogens is 1. The van der Waals surface area contributed by atoms with Crippen LogP contribution in [0.1, 0.15) is 80.6 Å². The lowest BCUT2D eigenvalue weighted by atomic mass is 9.68. The van der Waals surface area contributed by atoms with Crippen molar-refractivity contribution in [2.24, 2.45) is 11.3 Å². The first-order chi connectivity index (χ1) is 16.1. The van der Waals surface area contributed by atoms with Gasteiger partial charge in [-0.1, -0.05) is 55.8 Å². The molecule has 1 saturated carbocycles. The molecule has 0 amide bonds. The second kappa shape index (κ2) is 12.0. The van der Waals surface area contributed by atoms with Gasteiger partial charge in [0, 0.05) is 30.4 Å². The summed E-state index contributed by atoms with van der Waals surface area (Å²) in [6, 6.07) is 2.02. The van der Waals surface area contributed by atoms with Crippen LogP contribution in [0.3, 0.4) is 0 Å². The molecular weight excluding hydrogens is 467 g/mol. The summed E-state index contributed by atoms with van der Waals surface area (Å²) in [6.45, 7) is 6.10. The number of hydrogen-bond acceptors (Lipinski definition) is 3. The maximum atomic E-state index is 13.8. The van der Waals surface area contributed by atoms with Gasteiger partial charge in [-0.25, -0.2) is 0 Å². The average molecular weight is 513 g/mol. The number of halogens is 2.